The minimum absolute atomic E-state index is 0.0220. The largest absolute Gasteiger partial charge is 0.488 e. The third kappa shape index (κ3) is 3.30. The van der Waals surface area contributed by atoms with Crippen molar-refractivity contribution in [3.63, 3.8) is 0 Å². The van der Waals surface area contributed by atoms with Crippen LogP contribution in [0.15, 0.2) is 18.2 Å². The van der Waals surface area contributed by atoms with Crippen molar-refractivity contribution in [3.05, 3.63) is 40.7 Å². The van der Waals surface area contributed by atoms with Gasteiger partial charge in [0.25, 0.3) is 0 Å². The Morgan fingerprint density at radius 3 is 2.79 bits per heavy atom. The molecule has 1 aliphatic heterocycles. The number of anilines is 1. The van der Waals surface area contributed by atoms with Crippen molar-refractivity contribution in [3.8, 4) is 5.75 Å². The molecule has 0 bridgehead atoms. The zero-order chi connectivity index (χ0) is 17.5. The molecule has 0 aliphatic carbocycles. The van der Waals surface area contributed by atoms with Gasteiger partial charge in [0.1, 0.15) is 11.4 Å². The molecule has 1 amide bonds. The van der Waals surface area contributed by atoms with Crippen LogP contribution in [0.4, 0.5) is 5.69 Å². The van der Waals surface area contributed by atoms with Gasteiger partial charge in [0.2, 0.25) is 5.91 Å². The third-order valence-electron chi connectivity index (χ3n) is 4.65. The molecule has 0 saturated heterocycles. The Kier molecular flexibility index (Phi) is 4.11. The Morgan fingerprint density at radius 2 is 2.12 bits per heavy atom. The van der Waals surface area contributed by atoms with Crippen LogP contribution in [0.1, 0.15) is 42.8 Å². The van der Waals surface area contributed by atoms with Crippen LogP contribution in [-0.4, -0.2) is 21.3 Å². The number of hydrogen-bond acceptors (Lipinski definition) is 3. The number of nitrogens with one attached hydrogen (secondary N) is 1. The number of ether oxygens (including phenoxy) is 1. The monoisotopic (exact) mass is 327 g/mol. The number of carbonyl (C=O) groups excluding carboxylic acids is 1. The van der Waals surface area contributed by atoms with E-state index in [-0.39, 0.29) is 11.5 Å². The van der Waals surface area contributed by atoms with E-state index in [0.717, 1.165) is 41.2 Å². The average molecular weight is 327 g/mol. The number of rotatable bonds is 3. The van der Waals surface area contributed by atoms with Gasteiger partial charge in [-0.15, -0.1) is 0 Å². The van der Waals surface area contributed by atoms with Crippen LogP contribution in [0.2, 0.25) is 0 Å². The molecular formula is C19H25N3O2. The first-order chi connectivity index (χ1) is 11.2. The third-order valence-corrected chi connectivity index (χ3v) is 4.65. The maximum absolute atomic E-state index is 12.4. The number of aromatic nitrogens is 2. The second-order valence-electron chi connectivity index (χ2n) is 7.20. The summed E-state index contributed by atoms with van der Waals surface area (Å²) < 4.78 is 7.78. The van der Waals surface area contributed by atoms with Crippen molar-refractivity contribution in [2.45, 2.75) is 52.6 Å². The van der Waals surface area contributed by atoms with Crippen LogP contribution in [0, 0.1) is 13.8 Å². The van der Waals surface area contributed by atoms with Crippen molar-refractivity contribution in [1.82, 2.24) is 9.78 Å². The predicted molar refractivity (Wildman–Crippen MR) is 94.5 cm³/mol. The van der Waals surface area contributed by atoms with Gasteiger partial charge in [0.05, 0.1) is 23.5 Å². The topological polar surface area (TPSA) is 56.2 Å². The normalized spacial score (nSPS) is 15.5. The van der Waals surface area contributed by atoms with E-state index in [1.807, 2.05) is 33.0 Å². The molecule has 5 heteroatoms. The Bertz CT molecular complexity index is 790. The summed E-state index contributed by atoms with van der Waals surface area (Å²) in [5, 5.41) is 7.31. The zero-order valence-electron chi connectivity index (χ0n) is 15.1. The van der Waals surface area contributed by atoms with E-state index in [2.05, 4.69) is 30.3 Å². The zero-order valence-corrected chi connectivity index (χ0v) is 15.1. The smallest absolute Gasteiger partial charge is 0.228 e. The molecule has 1 aliphatic rings. The molecule has 0 spiro atoms. The van der Waals surface area contributed by atoms with Gasteiger partial charge in [-0.2, -0.15) is 5.10 Å². The molecule has 128 valence electrons. The SMILES string of the molecule is Cc1nn(C)c(C)c1NC(=O)Cc1ccc2c(c1)CCC(C)(C)O2. The highest BCUT2D eigenvalue weighted by Gasteiger charge is 2.26. The van der Waals surface area contributed by atoms with Crippen LogP contribution in [-0.2, 0) is 24.7 Å². The summed E-state index contributed by atoms with van der Waals surface area (Å²) >= 11 is 0. The van der Waals surface area contributed by atoms with Crippen LogP contribution in [0.5, 0.6) is 5.75 Å². The highest BCUT2D eigenvalue weighted by Crippen LogP contribution is 2.33. The van der Waals surface area contributed by atoms with Crippen LogP contribution in [0.25, 0.3) is 0 Å². The van der Waals surface area contributed by atoms with Gasteiger partial charge in [-0.1, -0.05) is 12.1 Å². The molecule has 1 aromatic carbocycles. The second kappa shape index (κ2) is 5.96. The fraction of sp³-hybridized carbons (Fsp3) is 0.474. The highest BCUT2D eigenvalue weighted by atomic mass is 16.5. The lowest BCUT2D eigenvalue weighted by Crippen LogP contribution is -2.32. The number of carbonyl (C=O) groups is 1. The lowest BCUT2D eigenvalue weighted by molar-refractivity contribution is -0.115. The number of nitrogens with zero attached hydrogens (tertiary/aromatic N) is 2. The van der Waals surface area contributed by atoms with Gasteiger partial charge in [-0.05, 0) is 57.7 Å². The van der Waals surface area contributed by atoms with Gasteiger partial charge in [0.15, 0.2) is 0 Å². The summed E-state index contributed by atoms with van der Waals surface area (Å²) in [6.45, 7) is 8.07. The van der Waals surface area contributed by atoms with E-state index in [9.17, 15) is 4.79 Å². The molecule has 1 N–H and O–H groups in total. The van der Waals surface area contributed by atoms with E-state index < -0.39 is 0 Å². The number of amides is 1. The number of hydrogen-bond donors (Lipinski definition) is 1. The standard InChI is InChI=1S/C19H25N3O2/c1-12-18(13(2)22(5)21-12)20-17(23)11-14-6-7-16-15(10-14)8-9-19(3,4)24-16/h6-7,10H,8-9,11H2,1-5H3,(H,20,23). The summed E-state index contributed by atoms with van der Waals surface area (Å²) in [6, 6.07) is 6.05. The lowest BCUT2D eigenvalue weighted by atomic mass is 9.93. The molecule has 0 atom stereocenters. The Balaban J connectivity index is 1.71. The maximum atomic E-state index is 12.4. The molecular weight excluding hydrogens is 302 g/mol. The number of fused-ring (bicyclic) bond motifs is 1. The van der Waals surface area contributed by atoms with E-state index in [0.29, 0.717) is 6.42 Å². The van der Waals surface area contributed by atoms with Crippen LogP contribution in [0.3, 0.4) is 0 Å². The first kappa shape index (κ1) is 16.6. The molecule has 3 rings (SSSR count). The summed E-state index contributed by atoms with van der Waals surface area (Å²) in [4.78, 5) is 12.4. The van der Waals surface area contributed by atoms with E-state index >= 15 is 0 Å². The lowest BCUT2D eigenvalue weighted by Gasteiger charge is -2.32. The Hall–Kier alpha value is -2.30. The quantitative estimate of drug-likeness (QED) is 0.941. The predicted octanol–water partition coefficient (Wildman–Crippen LogP) is 3.32. The minimum atomic E-state index is -0.110. The first-order valence-electron chi connectivity index (χ1n) is 8.36. The van der Waals surface area contributed by atoms with E-state index in [4.69, 9.17) is 4.74 Å². The highest BCUT2D eigenvalue weighted by molar-refractivity contribution is 5.93. The summed E-state index contributed by atoms with van der Waals surface area (Å²) in [6.07, 6.45) is 2.33. The summed E-state index contributed by atoms with van der Waals surface area (Å²) in [5.41, 5.74) is 4.69. The molecule has 2 aromatic rings. The van der Waals surface area contributed by atoms with Crippen molar-refractivity contribution in [2.24, 2.45) is 7.05 Å². The molecule has 1 aromatic heterocycles. The van der Waals surface area contributed by atoms with Crippen molar-refractivity contribution in [1.29, 1.82) is 0 Å². The van der Waals surface area contributed by atoms with Gasteiger partial charge < -0.3 is 10.1 Å². The summed E-state index contributed by atoms with van der Waals surface area (Å²) in [5.74, 6) is 0.917. The second-order valence-corrected chi connectivity index (χ2v) is 7.20. The maximum Gasteiger partial charge on any atom is 0.228 e. The fourth-order valence-electron chi connectivity index (χ4n) is 3.15. The first-order valence-corrected chi connectivity index (χ1v) is 8.36. The van der Waals surface area contributed by atoms with Gasteiger partial charge in [-0.3, -0.25) is 9.48 Å². The van der Waals surface area contributed by atoms with Gasteiger partial charge in [-0.25, -0.2) is 0 Å². The molecule has 0 unspecified atom stereocenters. The van der Waals surface area contributed by atoms with E-state index in [1.165, 1.54) is 5.56 Å². The summed E-state index contributed by atoms with van der Waals surface area (Å²) in [7, 11) is 1.88. The molecule has 0 fully saturated rings. The van der Waals surface area contributed by atoms with Crippen LogP contribution < -0.4 is 10.1 Å². The molecule has 24 heavy (non-hydrogen) atoms. The average Bonchev–Trinajstić information content (AvgIpc) is 2.73. The van der Waals surface area contributed by atoms with Crippen molar-refractivity contribution >= 4 is 11.6 Å². The van der Waals surface area contributed by atoms with E-state index in [1.54, 1.807) is 4.68 Å². The van der Waals surface area contributed by atoms with Gasteiger partial charge in [0, 0.05) is 7.05 Å². The Morgan fingerprint density at radius 1 is 1.38 bits per heavy atom. The molecule has 2 heterocycles. The van der Waals surface area contributed by atoms with Crippen molar-refractivity contribution < 1.29 is 9.53 Å². The Labute approximate surface area is 143 Å². The van der Waals surface area contributed by atoms with Crippen molar-refractivity contribution in [2.75, 3.05) is 5.32 Å². The molecule has 0 radical (unpaired) electrons. The minimum Gasteiger partial charge on any atom is -0.488 e. The van der Waals surface area contributed by atoms with Crippen LogP contribution >= 0.6 is 0 Å². The molecule has 5 nitrogen and oxygen atoms in total. The van der Waals surface area contributed by atoms with Gasteiger partial charge >= 0.3 is 0 Å². The molecule has 0 saturated carbocycles. The fourth-order valence-corrected chi connectivity index (χ4v) is 3.15. The number of benzene rings is 1. The number of aryl methyl sites for hydroxylation is 3.